The molecule has 1 N–H and O–H groups in total. The normalized spacial score (nSPS) is 14.1. The minimum Gasteiger partial charge on any atom is -0.224 e. The molecule has 1 aliphatic carbocycles. The molecule has 0 bridgehead atoms. The summed E-state index contributed by atoms with van der Waals surface area (Å²) in [5, 5.41) is 19.0. The number of nitrogens with one attached hydrogen (secondary N) is 1. The molecule has 0 spiro atoms. The molecule has 1 aliphatic rings. The SMILES string of the molecule is Cc1cc(C(F)(F)F)nc2c(Cc3ccc(-c4ccccc4-c4nn[nH]n4)cc3)c(C3CC3)nn12. The molecule has 0 radical (unpaired) electrons. The molecule has 5 aromatic rings. The summed E-state index contributed by atoms with van der Waals surface area (Å²) in [6, 6.07) is 16.8. The molecule has 3 heterocycles. The minimum absolute atomic E-state index is 0.279. The topological polar surface area (TPSA) is 84.6 Å². The van der Waals surface area contributed by atoms with Crippen LogP contribution in [0.3, 0.4) is 0 Å². The van der Waals surface area contributed by atoms with E-state index in [1.807, 2.05) is 48.5 Å². The average Bonchev–Trinajstić information content (AvgIpc) is 3.41. The maximum atomic E-state index is 13.5. The Morgan fingerprint density at radius 2 is 1.77 bits per heavy atom. The molecule has 0 atom stereocenters. The smallest absolute Gasteiger partial charge is 0.224 e. The number of aromatic amines is 1. The zero-order valence-electron chi connectivity index (χ0n) is 18.7. The van der Waals surface area contributed by atoms with Crippen LogP contribution in [0, 0.1) is 6.92 Å². The maximum absolute atomic E-state index is 13.5. The van der Waals surface area contributed by atoms with Crippen LogP contribution in [0.1, 0.15) is 47.0 Å². The lowest BCUT2D eigenvalue weighted by Gasteiger charge is -2.10. The van der Waals surface area contributed by atoms with Gasteiger partial charge in [0, 0.05) is 29.2 Å². The van der Waals surface area contributed by atoms with Crippen LogP contribution >= 0.6 is 0 Å². The predicted molar refractivity (Wildman–Crippen MR) is 123 cm³/mol. The van der Waals surface area contributed by atoms with Gasteiger partial charge < -0.3 is 0 Å². The van der Waals surface area contributed by atoms with E-state index in [0.717, 1.165) is 52.4 Å². The fourth-order valence-electron chi connectivity index (χ4n) is 4.44. The minimum atomic E-state index is -4.51. The van der Waals surface area contributed by atoms with E-state index in [0.29, 0.717) is 17.9 Å². The van der Waals surface area contributed by atoms with E-state index in [1.54, 1.807) is 11.4 Å². The van der Waals surface area contributed by atoms with Gasteiger partial charge in [0.05, 0.1) is 5.69 Å². The number of halogens is 3. The Kier molecular flexibility index (Phi) is 4.91. The lowest BCUT2D eigenvalue weighted by Crippen LogP contribution is -2.11. The number of hydrogen-bond acceptors (Lipinski definition) is 5. The van der Waals surface area contributed by atoms with Gasteiger partial charge in [0.15, 0.2) is 5.65 Å². The third-order valence-electron chi connectivity index (χ3n) is 6.31. The summed E-state index contributed by atoms with van der Waals surface area (Å²) < 4.78 is 41.9. The van der Waals surface area contributed by atoms with E-state index in [9.17, 15) is 13.2 Å². The standard InChI is InChI=1S/C25H20F3N7/c1-14-12-21(25(26,27)28)29-24-20(22(17-10-11-17)32-35(14)24)13-15-6-8-16(9-7-15)18-4-2-3-5-19(18)23-30-33-34-31-23/h2-9,12,17H,10-11,13H2,1H3,(H,30,31,33,34). The molecule has 1 saturated carbocycles. The van der Waals surface area contributed by atoms with Crippen molar-refractivity contribution < 1.29 is 13.2 Å². The molecule has 0 amide bonds. The maximum Gasteiger partial charge on any atom is 0.433 e. The number of rotatable bonds is 5. The first-order valence-electron chi connectivity index (χ1n) is 11.3. The first-order chi connectivity index (χ1) is 16.9. The molecule has 2 aromatic carbocycles. The molecule has 176 valence electrons. The zero-order valence-corrected chi connectivity index (χ0v) is 18.7. The van der Waals surface area contributed by atoms with Gasteiger partial charge in [-0.15, -0.1) is 10.2 Å². The van der Waals surface area contributed by atoms with Crippen LogP contribution in [0.2, 0.25) is 0 Å². The zero-order chi connectivity index (χ0) is 24.2. The number of aryl methyl sites for hydroxylation is 1. The predicted octanol–water partition coefficient (Wildman–Crippen LogP) is 5.37. The monoisotopic (exact) mass is 475 g/mol. The van der Waals surface area contributed by atoms with Crippen LogP contribution in [-0.2, 0) is 12.6 Å². The largest absolute Gasteiger partial charge is 0.433 e. The summed E-state index contributed by atoms with van der Waals surface area (Å²) in [5.74, 6) is 0.786. The van der Waals surface area contributed by atoms with E-state index in [4.69, 9.17) is 0 Å². The number of tetrazole rings is 1. The van der Waals surface area contributed by atoms with Gasteiger partial charge in [-0.25, -0.2) is 9.50 Å². The van der Waals surface area contributed by atoms with Crippen LogP contribution in [-0.4, -0.2) is 35.2 Å². The van der Waals surface area contributed by atoms with Crippen molar-refractivity contribution in [2.24, 2.45) is 0 Å². The van der Waals surface area contributed by atoms with Crippen LogP contribution in [0.15, 0.2) is 54.6 Å². The number of alkyl halides is 3. The Morgan fingerprint density at radius 1 is 1.03 bits per heavy atom. The van der Waals surface area contributed by atoms with Crippen molar-refractivity contribution in [1.29, 1.82) is 0 Å². The number of hydrogen-bond donors (Lipinski definition) is 1. The van der Waals surface area contributed by atoms with Crippen molar-refractivity contribution in [2.45, 2.75) is 38.3 Å². The molecule has 3 aromatic heterocycles. The van der Waals surface area contributed by atoms with Gasteiger partial charge in [-0.05, 0) is 47.7 Å². The molecule has 0 aliphatic heterocycles. The summed E-state index contributed by atoms with van der Waals surface area (Å²) in [4.78, 5) is 3.99. The van der Waals surface area contributed by atoms with Gasteiger partial charge in [0.1, 0.15) is 5.69 Å². The number of fused-ring (bicyclic) bond motifs is 1. The first-order valence-corrected chi connectivity index (χ1v) is 11.3. The second kappa shape index (κ2) is 8.00. The molecule has 6 rings (SSSR count). The van der Waals surface area contributed by atoms with Gasteiger partial charge in [-0.1, -0.05) is 48.5 Å². The third-order valence-corrected chi connectivity index (χ3v) is 6.31. The molecule has 10 heteroatoms. The van der Waals surface area contributed by atoms with Crippen molar-refractivity contribution in [3.63, 3.8) is 0 Å². The third kappa shape index (κ3) is 3.94. The summed E-state index contributed by atoms with van der Waals surface area (Å²) in [5.41, 5.74) is 5.19. The van der Waals surface area contributed by atoms with Gasteiger partial charge in [-0.2, -0.15) is 23.5 Å². The van der Waals surface area contributed by atoms with E-state index in [-0.39, 0.29) is 11.6 Å². The van der Waals surface area contributed by atoms with Gasteiger partial charge >= 0.3 is 6.18 Å². The highest BCUT2D eigenvalue weighted by Gasteiger charge is 2.36. The molecule has 7 nitrogen and oxygen atoms in total. The lowest BCUT2D eigenvalue weighted by molar-refractivity contribution is -0.141. The number of H-pyrrole nitrogens is 1. The Labute approximate surface area is 198 Å². The summed E-state index contributed by atoms with van der Waals surface area (Å²) in [6.07, 6.45) is -2.07. The van der Waals surface area contributed by atoms with Crippen molar-refractivity contribution in [3.05, 3.63) is 82.8 Å². The van der Waals surface area contributed by atoms with Crippen molar-refractivity contribution in [3.8, 4) is 22.5 Å². The second-order valence-corrected chi connectivity index (χ2v) is 8.81. The fraction of sp³-hybridized carbons (Fsp3) is 0.240. The second-order valence-electron chi connectivity index (χ2n) is 8.81. The van der Waals surface area contributed by atoms with Gasteiger partial charge in [0.25, 0.3) is 0 Å². The Balaban J connectivity index is 1.38. The van der Waals surface area contributed by atoms with Gasteiger partial charge in [0.2, 0.25) is 5.82 Å². The Hall–Kier alpha value is -4.08. The van der Waals surface area contributed by atoms with Crippen molar-refractivity contribution >= 4 is 5.65 Å². The molecular formula is C25H20F3N7. The van der Waals surface area contributed by atoms with Crippen LogP contribution in [0.25, 0.3) is 28.2 Å². The number of aromatic nitrogens is 7. The highest BCUT2D eigenvalue weighted by molar-refractivity contribution is 5.80. The molecule has 35 heavy (non-hydrogen) atoms. The first kappa shape index (κ1) is 21.5. The number of nitrogens with zero attached hydrogens (tertiary/aromatic N) is 6. The Bertz CT molecular complexity index is 1520. The van der Waals surface area contributed by atoms with Crippen LogP contribution < -0.4 is 0 Å². The van der Waals surface area contributed by atoms with Crippen molar-refractivity contribution in [2.75, 3.05) is 0 Å². The average molecular weight is 475 g/mol. The Morgan fingerprint density at radius 3 is 2.43 bits per heavy atom. The molecule has 0 saturated heterocycles. The highest BCUT2D eigenvalue weighted by atomic mass is 19.4. The van der Waals surface area contributed by atoms with E-state index >= 15 is 0 Å². The van der Waals surface area contributed by atoms with Crippen LogP contribution in [0.4, 0.5) is 13.2 Å². The van der Waals surface area contributed by atoms with Crippen molar-refractivity contribution in [1.82, 2.24) is 35.2 Å². The fourth-order valence-corrected chi connectivity index (χ4v) is 4.44. The lowest BCUT2D eigenvalue weighted by atomic mass is 9.96. The van der Waals surface area contributed by atoms with Crippen LogP contribution in [0.5, 0.6) is 0 Å². The van der Waals surface area contributed by atoms with E-state index in [1.165, 1.54) is 0 Å². The van der Waals surface area contributed by atoms with Gasteiger partial charge in [-0.3, -0.25) is 0 Å². The summed E-state index contributed by atoms with van der Waals surface area (Å²) >= 11 is 0. The molecule has 0 unspecified atom stereocenters. The molecular weight excluding hydrogens is 455 g/mol. The van der Waals surface area contributed by atoms with E-state index < -0.39 is 11.9 Å². The summed E-state index contributed by atoms with van der Waals surface area (Å²) in [6.45, 7) is 1.63. The van der Waals surface area contributed by atoms with E-state index in [2.05, 4.69) is 30.7 Å². The number of benzene rings is 2. The highest BCUT2D eigenvalue weighted by Crippen LogP contribution is 2.43. The quantitative estimate of drug-likeness (QED) is 0.369. The molecule has 1 fully saturated rings. The summed E-state index contributed by atoms with van der Waals surface area (Å²) in [7, 11) is 0.